The van der Waals surface area contributed by atoms with Gasteiger partial charge in [0.05, 0.1) is 24.9 Å². The van der Waals surface area contributed by atoms with E-state index in [-0.39, 0.29) is 24.1 Å². The smallest absolute Gasteiger partial charge is 0.129 e. The molecule has 1 aromatic carbocycles. The van der Waals surface area contributed by atoms with E-state index in [1.54, 1.807) is 6.07 Å². The average molecular weight is 317 g/mol. The van der Waals surface area contributed by atoms with Gasteiger partial charge in [0, 0.05) is 10.0 Å². The lowest BCUT2D eigenvalue weighted by molar-refractivity contribution is -0.106. The van der Waals surface area contributed by atoms with Gasteiger partial charge in [-0.1, -0.05) is 22.0 Å². The van der Waals surface area contributed by atoms with E-state index in [4.69, 9.17) is 9.47 Å². The molecule has 1 heterocycles. The van der Waals surface area contributed by atoms with Crippen molar-refractivity contribution in [1.82, 2.24) is 0 Å². The van der Waals surface area contributed by atoms with Gasteiger partial charge in [-0.3, -0.25) is 0 Å². The van der Waals surface area contributed by atoms with E-state index in [9.17, 15) is 4.39 Å². The summed E-state index contributed by atoms with van der Waals surface area (Å²) < 4.78 is 25.8. The summed E-state index contributed by atoms with van der Waals surface area (Å²) in [5, 5.41) is 0. The van der Waals surface area contributed by atoms with E-state index in [0.717, 1.165) is 17.3 Å². The van der Waals surface area contributed by atoms with Gasteiger partial charge in [0.1, 0.15) is 5.82 Å². The molecule has 0 radical (unpaired) electrons. The fraction of sp³-hybridized carbons (Fsp3) is 0.571. The normalized spacial score (nSPS) is 28.3. The summed E-state index contributed by atoms with van der Waals surface area (Å²) in [6.45, 7) is 4.42. The zero-order valence-electron chi connectivity index (χ0n) is 10.7. The first kappa shape index (κ1) is 14.0. The molecule has 0 saturated carbocycles. The highest BCUT2D eigenvalue weighted by atomic mass is 79.9. The summed E-state index contributed by atoms with van der Waals surface area (Å²) in [7, 11) is 0. The molecule has 2 atom stereocenters. The zero-order chi connectivity index (χ0) is 13.1. The molecule has 2 nitrogen and oxygen atoms in total. The van der Waals surface area contributed by atoms with E-state index in [0.29, 0.717) is 12.2 Å². The van der Waals surface area contributed by atoms with E-state index in [1.807, 2.05) is 19.9 Å². The van der Waals surface area contributed by atoms with Gasteiger partial charge in [0.15, 0.2) is 0 Å². The Balaban J connectivity index is 1.91. The van der Waals surface area contributed by atoms with Crippen LogP contribution in [0.2, 0.25) is 0 Å². The minimum atomic E-state index is -0.225. The van der Waals surface area contributed by atoms with Crippen LogP contribution in [0.15, 0.2) is 22.7 Å². The van der Waals surface area contributed by atoms with Crippen LogP contribution in [-0.2, 0) is 16.1 Å². The first-order valence-electron chi connectivity index (χ1n) is 6.25. The van der Waals surface area contributed by atoms with Crippen LogP contribution < -0.4 is 0 Å². The standard InChI is InChI=1S/C14H18BrFO2/c1-9-5-13(6-10(2)18-9)17-8-11-3-4-12(15)7-14(11)16/h3-4,7,9-10,13H,5-6,8H2,1-2H3. The van der Waals surface area contributed by atoms with E-state index >= 15 is 0 Å². The monoisotopic (exact) mass is 316 g/mol. The number of benzene rings is 1. The third-order valence-electron chi connectivity index (χ3n) is 3.14. The maximum atomic E-state index is 13.6. The Morgan fingerprint density at radius 3 is 2.61 bits per heavy atom. The Hall–Kier alpha value is -0.450. The number of hydrogen-bond donors (Lipinski definition) is 0. The molecule has 18 heavy (non-hydrogen) atoms. The molecule has 0 N–H and O–H groups in total. The van der Waals surface area contributed by atoms with Crippen molar-refractivity contribution in [2.24, 2.45) is 0 Å². The van der Waals surface area contributed by atoms with Gasteiger partial charge in [-0.05, 0) is 38.8 Å². The van der Waals surface area contributed by atoms with Crippen LogP contribution in [0, 0.1) is 5.82 Å². The van der Waals surface area contributed by atoms with Crippen LogP contribution in [0.25, 0.3) is 0 Å². The molecule has 0 spiro atoms. The molecule has 0 aliphatic carbocycles. The Bertz CT molecular complexity index is 401. The summed E-state index contributed by atoms with van der Waals surface area (Å²) in [6, 6.07) is 5.05. The third kappa shape index (κ3) is 3.77. The van der Waals surface area contributed by atoms with Crippen molar-refractivity contribution in [1.29, 1.82) is 0 Å². The number of hydrogen-bond acceptors (Lipinski definition) is 2. The number of rotatable bonds is 3. The van der Waals surface area contributed by atoms with Crippen LogP contribution in [0.1, 0.15) is 32.3 Å². The van der Waals surface area contributed by atoms with Crippen LogP contribution in [0.3, 0.4) is 0 Å². The Morgan fingerprint density at radius 2 is 2.00 bits per heavy atom. The van der Waals surface area contributed by atoms with Crippen molar-refractivity contribution >= 4 is 15.9 Å². The van der Waals surface area contributed by atoms with E-state index < -0.39 is 0 Å². The van der Waals surface area contributed by atoms with Crippen molar-refractivity contribution in [2.45, 2.75) is 51.6 Å². The molecule has 1 fully saturated rings. The molecule has 0 aromatic heterocycles. The number of ether oxygens (including phenoxy) is 2. The second-order valence-electron chi connectivity index (χ2n) is 4.90. The molecule has 0 bridgehead atoms. The van der Waals surface area contributed by atoms with Crippen molar-refractivity contribution in [3.63, 3.8) is 0 Å². The largest absolute Gasteiger partial charge is 0.375 e. The maximum Gasteiger partial charge on any atom is 0.129 e. The van der Waals surface area contributed by atoms with Crippen LogP contribution in [-0.4, -0.2) is 18.3 Å². The molecule has 100 valence electrons. The van der Waals surface area contributed by atoms with Crippen molar-refractivity contribution < 1.29 is 13.9 Å². The van der Waals surface area contributed by atoms with Gasteiger partial charge in [0.2, 0.25) is 0 Å². The molecular weight excluding hydrogens is 299 g/mol. The second kappa shape index (κ2) is 6.13. The quantitative estimate of drug-likeness (QED) is 0.837. The van der Waals surface area contributed by atoms with Crippen molar-refractivity contribution in [3.8, 4) is 0 Å². The third-order valence-corrected chi connectivity index (χ3v) is 3.64. The van der Waals surface area contributed by atoms with Gasteiger partial charge in [0.25, 0.3) is 0 Å². The molecule has 0 amide bonds. The Labute approximate surface area is 116 Å². The molecule has 2 rings (SSSR count). The fourth-order valence-corrected chi connectivity index (χ4v) is 2.66. The lowest BCUT2D eigenvalue weighted by atomic mass is 10.0. The van der Waals surface area contributed by atoms with Crippen molar-refractivity contribution in [3.05, 3.63) is 34.1 Å². The molecule has 4 heteroatoms. The molecule has 1 aliphatic rings. The van der Waals surface area contributed by atoms with Gasteiger partial charge in [-0.2, -0.15) is 0 Å². The average Bonchev–Trinajstić information content (AvgIpc) is 2.26. The minimum Gasteiger partial charge on any atom is -0.375 e. The molecule has 1 saturated heterocycles. The van der Waals surface area contributed by atoms with Crippen LogP contribution in [0.4, 0.5) is 4.39 Å². The lowest BCUT2D eigenvalue weighted by Gasteiger charge is -2.32. The summed E-state index contributed by atoms with van der Waals surface area (Å²) >= 11 is 3.24. The summed E-state index contributed by atoms with van der Waals surface area (Å²) in [5.74, 6) is -0.225. The first-order chi connectivity index (χ1) is 8.54. The fourth-order valence-electron chi connectivity index (χ4n) is 2.33. The lowest BCUT2D eigenvalue weighted by Crippen LogP contribution is -2.34. The SMILES string of the molecule is CC1CC(OCc2ccc(Br)cc2F)CC(C)O1. The molecular formula is C14H18BrFO2. The Kier molecular flexibility index (Phi) is 4.76. The predicted octanol–water partition coefficient (Wildman–Crippen LogP) is 4.06. The topological polar surface area (TPSA) is 18.5 Å². The van der Waals surface area contributed by atoms with E-state index in [2.05, 4.69) is 15.9 Å². The Morgan fingerprint density at radius 1 is 1.33 bits per heavy atom. The summed E-state index contributed by atoms with van der Waals surface area (Å²) in [4.78, 5) is 0. The van der Waals surface area contributed by atoms with Crippen molar-refractivity contribution in [2.75, 3.05) is 0 Å². The van der Waals surface area contributed by atoms with Gasteiger partial charge in [-0.15, -0.1) is 0 Å². The molecule has 2 unspecified atom stereocenters. The van der Waals surface area contributed by atoms with E-state index in [1.165, 1.54) is 6.07 Å². The molecule has 1 aromatic rings. The summed E-state index contributed by atoms with van der Waals surface area (Å²) in [6.07, 6.45) is 2.35. The highest BCUT2D eigenvalue weighted by Gasteiger charge is 2.25. The first-order valence-corrected chi connectivity index (χ1v) is 7.05. The van der Waals surface area contributed by atoms with Crippen LogP contribution >= 0.6 is 15.9 Å². The van der Waals surface area contributed by atoms with Gasteiger partial charge < -0.3 is 9.47 Å². The summed E-state index contributed by atoms with van der Waals surface area (Å²) in [5.41, 5.74) is 0.602. The minimum absolute atomic E-state index is 0.159. The van der Waals surface area contributed by atoms with Gasteiger partial charge in [-0.25, -0.2) is 4.39 Å². The number of halogens is 2. The van der Waals surface area contributed by atoms with Gasteiger partial charge >= 0.3 is 0 Å². The second-order valence-corrected chi connectivity index (χ2v) is 5.81. The maximum absolute atomic E-state index is 13.6. The highest BCUT2D eigenvalue weighted by Crippen LogP contribution is 2.23. The highest BCUT2D eigenvalue weighted by molar-refractivity contribution is 9.10. The molecule has 1 aliphatic heterocycles. The van der Waals surface area contributed by atoms with Crippen LogP contribution in [0.5, 0.6) is 0 Å². The zero-order valence-corrected chi connectivity index (χ0v) is 12.2. The predicted molar refractivity (Wildman–Crippen MR) is 71.9 cm³/mol.